The maximum absolute atomic E-state index is 11.8. The van der Waals surface area contributed by atoms with Crippen molar-refractivity contribution in [1.29, 1.82) is 0 Å². The van der Waals surface area contributed by atoms with Gasteiger partial charge in [-0.1, -0.05) is 18.2 Å². The van der Waals surface area contributed by atoms with Gasteiger partial charge in [0, 0.05) is 39.5 Å². The van der Waals surface area contributed by atoms with Crippen molar-refractivity contribution in [1.82, 2.24) is 9.97 Å². The molecule has 0 spiro atoms. The molecular weight excluding hydrogens is 380 g/mol. The number of carbonyl (C=O) groups excluding carboxylic acids is 1. The fourth-order valence-electron chi connectivity index (χ4n) is 3.39. The first-order valence-corrected chi connectivity index (χ1v) is 10.6. The van der Waals surface area contributed by atoms with Crippen LogP contribution in [0, 0.1) is 0 Å². The summed E-state index contributed by atoms with van der Waals surface area (Å²) in [5.74, 6) is 0.664. The summed E-state index contributed by atoms with van der Waals surface area (Å²) >= 11 is 1.78. The van der Waals surface area contributed by atoms with Crippen molar-refractivity contribution in [2.24, 2.45) is 0 Å². The molecule has 29 heavy (non-hydrogen) atoms. The van der Waals surface area contributed by atoms with Gasteiger partial charge in [-0.05, 0) is 61.4 Å². The number of pyridine rings is 1. The number of nitrogens with zero attached hydrogens (tertiary/aromatic N) is 1. The SMILES string of the molecule is CCOC(=O)c1ccc(SCCc2c(-c3cccnc3)[nH]c3ccccc23)cc1. The lowest BCUT2D eigenvalue weighted by molar-refractivity contribution is 0.0526. The molecule has 0 amide bonds. The number of aryl methyl sites for hydroxylation is 1. The van der Waals surface area contributed by atoms with Gasteiger partial charge >= 0.3 is 5.97 Å². The van der Waals surface area contributed by atoms with Crippen LogP contribution in [0.4, 0.5) is 0 Å². The lowest BCUT2D eigenvalue weighted by atomic mass is 10.0. The molecule has 5 heteroatoms. The van der Waals surface area contributed by atoms with E-state index in [0.29, 0.717) is 12.2 Å². The highest BCUT2D eigenvalue weighted by atomic mass is 32.2. The first kappa shape index (κ1) is 19.3. The van der Waals surface area contributed by atoms with E-state index in [0.717, 1.165) is 33.8 Å². The monoisotopic (exact) mass is 402 g/mol. The summed E-state index contributed by atoms with van der Waals surface area (Å²) in [6.45, 7) is 2.20. The number of benzene rings is 2. The van der Waals surface area contributed by atoms with Gasteiger partial charge in [0.15, 0.2) is 0 Å². The Morgan fingerprint density at radius 2 is 1.90 bits per heavy atom. The van der Waals surface area contributed by atoms with E-state index in [1.807, 2.05) is 43.5 Å². The molecule has 1 N–H and O–H groups in total. The molecule has 0 saturated carbocycles. The second kappa shape index (κ2) is 8.97. The van der Waals surface area contributed by atoms with Crippen LogP contribution in [0.1, 0.15) is 22.8 Å². The van der Waals surface area contributed by atoms with Crippen LogP contribution < -0.4 is 0 Å². The minimum Gasteiger partial charge on any atom is -0.462 e. The van der Waals surface area contributed by atoms with Gasteiger partial charge in [-0.2, -0.15) is 0 Å². The highest BCUT2D eigenvalue weighted by Gasteiger charge is 2.13. The molecule has 4 aromatic rings. The number of H-pyrrole nitrogens is 1. The number of thioether (sulfide) groups is 1. The lowest BCUT2D eigenvalue weighted by Crippen LogP contribution is -2.03. The van der Waals surface area contributed by atoms with E-state index in [-0.39, 0.29) is 5.97 Å². The van der Waals surface area contributed by atoms with Crippen LogP contribution in [-0.2, 0) is 11.2 Å². The molecule has 0 radical (unpaired) electrons. The second-order valence-electron chi connectivity index (χ2n) is 6.61. The number of esters is 1. The number of rotatable bonds is 7. The highest BCUT2D eigenvalue weighted by molar-refractivity contribution is 7.99. The van der Waals surface area contributed by atoms with Gasteiger partial charge in [0.05, 0.1) is 17.9 Å². The number of para-hydroxylation sites is 1. The summed E-state index contributed by atoms with van der Waals surface area (Å²) in [5, 5.41) is 1.25. The van der Waals surface area contributed by atoms with Crippen LogP contribution in [0.3, 0.4) is 0 Å². The van der Waals surface area contributed by atoms with Gasteiger partial charge in [0.1, 0.15) is 0 Å². The minimum atomic E-state index is -0.274. The average Bonchev–Trinajstić information content (AvgIpc) is 3.14. The Hall–Kier alpha value is -3.05. The number of hydrogen-bond donors (Lipinski definition) is 1. The number of nitrogens with one attached hydrogen (secondary N) is 1. The predicted octanol–water partition coefficient (Wildman–Crippen LogP) is 5.74. The molecule has 0 unspecified atom stereocenters. The van der Waals surface area contributed by atoms with Gasteiger partial charge in [-0.25, -0.2) is 4.79 Å². The van der Waals surface area contributed by atoms with Crippen molar-refractivity contribution in [3.63, 3.8) is 0 Å². The van der Waals surface area contributed by atoms with Crippen LogP contribution in [0.25, 0.3) is 22.2 Å². The maximum Gasteiger partial charge on any atom is 0.338 e. The Kier molecular flexibility index (Phi) is 5.96. The first-order chi connectivity index (χ1) is 14.3. The number of fused-ring (bicyclic) bond motifs is 1. The van der Waals surface area contributed by atoms with E-state index in [1.54, 1.807) is 18.0 Å². The quantitative estimate of drug-likeness (QED) is 0.316. The molecule has 0 aliphatic heterocycles. The summed E-state index contributed by atoms with van der Waals surface area (Å²) in [6.07, 6.45) is 4.62. The standard InChI is InChI=1S/C24H22N2O2S/c1-2-28-24(27)17-9-11-19(12-10-17)29-15-13-21-20-7-3-4-8-22(20)26-23(21)18-6-5-14-25-16-18/h3-12,14,16,26H,2,13,15H2,1H3. The number of aromatic amines is 1. The molecular formula is C24H22N2O2S. The van der Waals surface area contributed by atoms with E-state index in [9.17, 15) is 4.79 Å². The maximum atomic E-state index is 11.8. The summed E-state index contributed by atoms with van der Waals surface area (Å²) in [4.78, 5) is 20.8. The van der Waals surface area contributed by atoms with Crippen LogP contribution in [0.5, 0.6) is 0 Å². The highest BCUT2D eigenvalue weighted by Crippen LogP contribution is 2.31. The smallest absolute Gasteiger partial charge is 0.338 e. The number of aromatic nitrogens is 2. The molecule has 4 rings (SSSR count). The van der Waals surface area contributed by atoms with Crippen molar-refractivity contribution in [2.75, 3.05) is 12.4 Å². The molecule has 0 atom stereocenters. The number of ether oxygens (including phenoxy) is 1. The summed E-state index contributed by atoms with van der Waals surface area (Å²) in [7, 11) is 0. The third-order valence-corrected chi connectivity index (χ3v) is 5.76. The third kappa shape index (κ3) is 4.35. The van der Waals surface area contributed by atoms with Gasteiger partial charge < -0.3 is 9.72 Å². The lowest BCUT2D eigenvalue weighted by Gasteiger charge is -2.06. The largest absolute Gasteiger partial charge is 0.462 e. The van der Waals surface area contributed by atoms with E-state index in [4.69, 9.17) is 4.74 Å². The minimum absolute atomic E-state index is 0.274. The molecule has 4 nitrogen and oxygen atoms in total. The third-order valence-electron chi connectivity index (χ3n) is 4.75. The van der Waals surface area contributed by atoms with Crippen molar-refractivity contribution in [3.8, 4) is 11.3 Å². The van der Waals surface area contributed by atoms with Crippen LogP contribution in [0.15, 0.2) is 78.0 Å². The molecule has 146 valence electrons. The van der Waals surface area contributed by atoms with E-state index in [2.05, 4.69) is 40.3 Å². The molecule has 2 aromatic heterocycles. The zero-order valence-electron chi connectivity index (χ0n) is 16.2. The Balaban J connectivity index is 1.51. The average molecular weight is 403 g/mol. The van der Waals surface area contributed by atoms with Gasteiger partial charge in [0.25, 0.3) is 0 Å². The molecule has 0 aliphatic carbocycles. The molecule has 2 aromatic carbocycles. The number of hydrogen-bond acceptors (Lipinski definition) is 4. The molecule has 0 bridgehead atoms. The summed E-state index contributed by atoms with van der Waals surface area (Å²) in [6, 6.07) is 20.1. The Labute approximate surface area is 174 Å². The Bertz CT molecular complexity index is 1100. The first-order valence-electron chi connectivity index (χ1n) is 9.66. The van der Waals surface area contributed by atoms with Gasteiger partial charge in [-0.3, -0.25) is 4.98 Å². The fraction of sp³-hybridized carbons (Fsp3) is 0.167. The normalized spacial score (nSPS) is 10.9. The topological polar surface area (TPSA) is 55.0 Å². The Morgan fingerprint density at radius 1 is 1.07 bits per heavy atom. The van der Waals surface area contributed by atoms with Crippen molar-refractivity contribution < 1.29 is 9.53 Å². The van der Waals surface area contributed by atoms with Crippen LogP contribution >= 0.6 is 11.8 Å². The summed E-state index contributed by atoms with van der Waals surface area (Å²) in [5.41, 5.74) is 5.28. The number of carbonyl (C=O) groups is 1. The van der Waals surface area contributed by atoms with E-state index in [1.165, 1.54) is 10.9 Å². The molecule has 0 aliphatic rings. The van der Waals surface area contributed by atoms with E-state index < -0.39 is 0 Å². The fourth-order valence-corrected chi connectivity index (χ4v) is 4.26. The summed E-state index contributed by atoms with van der Waals surface area (Å²) < 4.78 is 5.04. The van der Waals surface area contributed by atoms with E-state index >= 15 is 0 Å². The van der Waals surface area contributed by atoms with Crippen molar-refractivity contribution in [2.45, 2.75) is 18.2 Å². The Morgan fingerprint density at radius 3 is 2.66 bits per heavy atom. The van der Waals surface area contributed by atoms with Crippen LogP contribution in [-0.4, -0.2) is 28.3 Å². The molecule has 0 fully saturated rings. The second-order valence-corrected chi connectivity index (χ2v) is 7.78. The molecule has 0 saturated heterocycles. The van der Waals surface area contributed by atoms with Crippen molar-refractivity contribution in [3.05, 3.63) is 84.2 Å². The zero-order valence-corrected chi connectivity index (χ0v) is 17.0. The zero-order chi connectivity index (χ0) is 20.1. The predicted molar refractivity (Wildman–Crippen MR) is 118 cm³/mol. The molecule has 2 heterocycles. The van der Waals surface area contributed by atoms with Crippen molar-refractivity contribution >= 4 is 28.6 Å². The van der Waals surface area contributed by atoms with Crippen LogP contribution in [0.2, 0.25) is 0 Å². The van der Waals surface area contributed by atoms with Gasteiger partial charge in [0.2, 0.25) is 0 Å². The van der Waals surface area contributed by atoms with Gasteiger partial charge in [-0.15, -0.1) is 11.8 Å².